The molecule has 0 spiro atoms. The second-order valence-corrected chi connectivity index (χ2v) is 8.74. The maximum atomic E-state index is 12.6. The largest absolute Gasteiger partial charge is 0.306 e. The smallest absolute Gasteiger partial charge is 0.243 e. The van der Waals surface area contributed by atoms with Crippen molar-refractivity contribution in [1.82, 2.24) is 24.6 Å². The first-order valence-electron chi connectivity index (χ1n) is 9.48. The predicted molar refractivity (Wildman–Crippen MR) is 110 cm³/mol. The Hall–Kier alpha value is -2.29. The zero-order valence-electron chi connectivity index (χ0n) is 16.8. The minimum absolute atomic E-state index is 0.0859. The fourth-order valence-corrected chi connectivity index (χ4v) is 4.68. The molecule has 8 heteroatoms. The number of rotatable bonds is 8. The van der Waals surface area contributed by atoms with Gasteiger partial charge >= 0.3 is 0 Å². The third-order valence-electron chi connectivity index (χ3n) is 5.01. The Morgan fingerprint density at radius 3 is 2.43 bits per heavy atom. The van der Waals surface area contributed by atoms with E-state index >= 15 is 0 Å². The maximum absolute atomic E-state index is 12.6. The normalized spacial score (nSPS) is 13.3. The summed E-state index contributed by atoms with van der Waals surface area (Å²) in [5, 5.41) is 11.7. The average Bonchev–Trinajstić information content (AvgIpc) is 3.07. The quantitative estimate of drug-likeness (QED) is 0.628. The van der Waals surface area contributed by atoms with Crippen molar-refractivity contribution in [2.75, 3.05) is 13.1 Å². The van der Waals surface area contributed by atoms with E-state index in [1.165, 1.54) is 4.31 Å². The summed E-state index contributed by atoms with van der Waals surface area (Å²) in [6.07, 6.45) is 0. The van der Waals surface area contributed by atoms with Crippen LogP contribution in [0, 0.1) is 0 Å². The van der Waals surface area contributed by atoms with Gasteiger partial charge in [0.25, 0.3) is 0 Å². The first kappa shape index (κ1) is 20.4. The number of nitrogens with zero attached hydrogens (tertiary/aromatic N) is 4. The number of hydrogen-bond donors (Lipinski definition) is 1. The molecule has 3 rings (SSSR count). The van der Waals surface area contributed by atoms with Crippen molar-refractivity contribution in [2.45, 2.75) is 38.3 Å². The zero-order chi connectivity index (χ0) is 20.3. The van der Waals surface area contributed by atoms with Gasteiger partial charge in [0.1, 0.15) is 5.52 Å². The van der Waals surface area contributed by atoms with Crippen LogP contribution in [0.5, 0.6) is 0 Å². The number of aryl methyl sites for hydroxylation is 1. The molecule has 0 unspecified atom stereocenters. The fraction of sp³-hybridized carbons (Fsp3) is 0.400. The molecule has 0 aliphatic rings. The number of fused-ring (bicyclic) bond motifs is 1. The highest BCUT2D eigenvalue weighted by molar-refractivity contribution is 7.89. The Balaban J connectivity index is 1.68. The highest BCUT2D eigenvalue weighted by Gasteiger charge is 2.21. The van der Waals surface area contributed by atoms with Crippen molar-refractivity contribution >= 4 is 21.1 Å². The van der Waals surface area contributed by atoms with Crippen molar-refractivity contribution in [1.29, 1.82) is 0 Å². The van der Waals surface area contributed by atoms with E-state index in [1.54, 1.807) is 16.8 Å². The van der Waals surface area contributed by atoms with Gasteiger partial charge < -0.3 is 5.32 Å². The molecule has 0 saturated carbocycles. The van der Waals surface area contributed by atoms with Crippen LogP contribution in [0.15, 0.2) is 47.4 Å². The van der Waals surface area contributed by atoms with E-state index in [2.05, 4.69) is 28.6 Å². The molecule has 2 aromatic carbocycles. The number of aromatic nitrogens is 3. The SMILES string of the molecule is CCN(CC)S(=O)(=O)c1ccc([C@H](C)NCc2ccc3c(c2)nnn3C)cc1. The van der Waals surface area contributed by atoms with Gasteiger partial charge in [-0.15, -0.1) is 5.10 Å². The molecule has 1 heterocycles. The van der Waals surface area contributed by atoms with Crippen molar-refractivity contribution in [3.63, 3.8) is 0 Å². The summed E-state index contributed by atoms with van der Waals surface area (Å²) in [6, 6.07) is 13.3. The third kappa shape index (κ3) is 4.09. The van der Waals surface area contributed by atoms with E-state index in [4.69, 9.17) is 0 Å². The molecule has 1 atom stereocenters. The molecule has 0 aliphatic heterocycles. The minimum Gasteiger partial charge on any atom is -0.306 e. The molecule has 0 radical (unpaired) electrons. The first-order valence-corrected chi connectivity index (χ1v) is 10.9. The average molecular weight is 402 g/mol. The molecule has 1 N–H and O–H groups in total. The Morgan fingerprint density at radius 2 is 1.79 bits per heavy atom. The maximum Gasteiger partial charge on any atom is 0.243 e. The summed E-state index contributed by atoms with van der Waals surface area (Å²) in [7, 11) is -1.55. The van der Waals surface area contributed by atoms with Gasteiger partial charge in [0.2, 0.25) is 10.0 Å². The fourth-order valence-electron chi connectivity index (χ4n) is 3.23. The van der Waals surface area contributed by atoms with Crippen LogP contribution < -0.4 is 5.32 Å². The molecule has 28 heavy (non-hydrogen) atoms. The molecule has 0 bridgehead atoms. The van der Waals surface area contributed by atoms with E-state index in [0.29, 0.717) is 24.5 Å². The molecule has 0 fully saturated rings. The van der Waals surface area contributed by atoms with E-state index in [9.17, 15) is 8.42 Å². The van der Waals surface area contributed by atoms with Crippen LogP contribution in [-0.2, 0) is 23.6 Å². The Kier molecular flexibility index (Phi) is 6.12. The number of benzene rings is 2. The van der Waals surface area contributed by atoms with Gasteiger partial charge in [0, 0.05) is 32.7 Å². The van der Waals surface area contributed by atoms with Crippen LogP contribution in [0.25, 0.3) is 11.0 Å². The highest BCUT2D eigenvalue weighted by atomic mass is 32.2. The topological polar surface area (TPSA) is 80.1 Å². The van der Waals surface area contributed by atoms with Crippen LogP contribution in [0.4, 0.5) is 0 Å². The summed E-state index contributed by atoms with van der Waals surface area (Å²) < 4.78 is 28.4. The lowest BCUT2D eigenvalue weighted by atomic mass is 10.1. The van der Waals surface area contributed by atoms with Crippen molar-refractivity contribution in [2.24, 2.45) is 7.05 Å². The third-order valence-corrected chi connectivity index (χ3v) is 7.07. The second-order valence-electron chi connectivity index (χ2n) is 6.80. The van der Waals surface area contributed by atoms with Gasteiger partial charge in [-0.1, -0.05) is 37.3 Å². The van der Waals surface area contributed by atoms with Gasteiger partial charge in [-0.25, -0.2) is 13.1 Å². The van der Waals surface area contributed by atoms with Gasteiger partial charge in [-0.05, 0) is 42.3 Å². The van der Waals surface area contributed by atoms with E-state index in [1.807, 2.05) is 45.2 Å². The summed E-state index contributed by atoms with van der Waals surface area (Å²) in [5.74, 6) is 0. The van der Waals surface area contributed by atoms with Crippen LogP contribution in [-0.4, -0.2) is 40.8 Å². The van der Waals surface area contributed by atoms with Gasteiger partial charge in [0.05, 0.1) is 10.4 Å². The predicted octanol–water partition coefficient (Wildman–Crippen LogP) is 2.85. The van der Waals surface area contributed by atoms with Crippen LogP contribution in [0.1, 0.15) is 37.9 Å². The number of hydrogen-bond acceptors (Lipinski definition) is 5. The first-order chi connectivity index (χ1) is 13.4. The highest BCUT2D eigenvalue weighted by Crippen LogP contribution is 2.20. The van der Waals surface area contributed by atoms with Crippen LogP contribution >= 0.6 is 0 Å². The zero-order valence-corrected chi connectivity index (χ0v) is 17.6. The lowest BCUT2D eigenvalue weighted by Crippen LogP contribution is -2.30. The van der Waals surface area contributed by atoms with Crippen LogP contribution in [0.3, 0.4) is 0 Å². The molecule has 0 aliphatic carbocycles. The summed E-state index contributed by atoms with van der Waals surface area (Å²) in [6.45, 7) is 7.38. The van der Waals surface area contributed by atoms with Gasteiger partial charge in [0.15, 0.2) is 0 Å². The summed E-state index contributed by atoms with van der Waals surface area (Å²) >= 11 is 0. The minimum atomic E-state index is -3.42. The van der Waals surface area contributed by atoms with Crippen molar-refractivity contribution in [3.05, 3.63) is 53.6 Å². The lowest BCUT2D eigenvalue weighted by Gasteiger charge is -2.19. The molecule has 7 nitrogen and oxygen atoms in total. The molecular formula is C20H27N5O2S. The summed E-state index contributed by atoms with van der Waals surface area (Å²) in [4.78, 5) is 0.334. The molecule has 0 amide bonds. The van der Waals surface area contributed by atoms with E-state index in [-0.39, 0.29) is 6.04 Å². The molecule has 3 aromatic rings. The monoisotopic (exact) mass is 401 g/mol. The van der Waals surface area contributed by atoms with E-state index < -0.39 is 10.0 Å². The van der Waals surface area contributed by atoms with Crippen molar-refractivity contribution in [3.8, 4) is 0 Å². The second kappa shape index (κ2) is 8.38. The Labute approximate surface area is 166 Å². The van der Waals surface area contributed by atoms with Crippen molar-refractivity contribution < 1.29 is 8.42 Å². The molecule has 1 aromatic heterocycles. The van der Waals surface area contributed by atoms with Gasteiger partial charge in [-0.2, -0.15) is 4.31 Å². The standard InChI is InChI=1S/C20H27N5O2S/c1-5-25(6-2)28(26,27)18-10-8-17(9-11-18)15(3)21-14-16-7-12-20-19(13-16)22-23-24(20)4/h7-13,15,21H,5-6,14H2,1-4H3/t15-/m0/s1. The number of nitrogens with one attached hydrogen (secondary N) is 1. The molecule has 0 saturated heterocycles. The van der Waals surface area contributed by atoms with Crippen LogP contribution in [0.2, 0.25) is 0 Å². The summed E-state index contributed by atoms with van der Waals surface area (Å²) in [5.41, 5.74) is 4.04. The number of sulfonamides is 1. The van der Waals surface area contributed by atoms with E-state index in [0.717, 1.165) is 22.2 Å². The Morgan fingerprint density at radius 1 is 1.11 bits per heavy atom. The Bertz CT molecular complexity index is 1040. The van der Waals surface area contributed by atoms with Gasteiger partial charge in [-0.3, -0.25) is 0 Å². The lowest BCUT2D eigenvalue weighted by molar-refractivity contribution is 0.445. The molecule has 150 valence electrons. The molecular weight excluding hydrogens is 374 g/mol.